The highest BCUT2D eigenvalue weighted by Gasteiger charge is 2.17. The van der Waals surface area contributed by atoms with Crippen molar-refractivity contribution in [3.05, 3.63) is 59.2 Å². The number of nitrogens with zero attached hydrogens (tertiary/aromatic N) is 1. The van der Waals surface area contributed by atoms with Crippen LogP contribution in [0.1, 0.15) is 42.9 Å². The van der Waals surface area contributed by atoms with Crippen LogP contribution in [0.25, 0.3) is 0 Å². The highest BCUT2D eigenvalue weighted by atomic mass is 35.5. The number of nitrogens with one attached hydrogen (secondary N) is 1. The average Bonchev–Trinajstić information content (AvgIpc) is 2.88. The van der Waals surface area contributed by atoms with E-state index in [2.05, 4.69) is 23.5 Å². The van der Waals surface area contributed by atoms with Crippen LogP contribution in [0, 0.1) is 0 Å². The molecule has 1 aliphatic heterocycles. The highest BCUT2D eigenvalue weighted by Crippen LogP contribution is 2.24. The van der Waals surface area contributed by atoms with Crippen LogP contribution in [-0.4, -0.2) is 39.6 Å². The molecular formula is C22H30ClFN2O2S. The van der Waals surface area contributed by atoms with Crippen molar-refractivity contribution < 1.29 is 12.8 Å². The van der Waals surface area contributed by atoms with E-state index in [1.807, 2.05) is 30.3 Å². The number of fused-ring (bicyclic) bond motifs is 1. The van der Waals surface area contributed by atoms with E-state index in [1.54, 1.807) is 12.1 Å². The molecule has 4 nitrogen and oxygen atoms in total. The lowest BCUT2D eigenvalue weighted by molar-refractivity contribution is 0.270. The molecule has 7 heteroatoms. The molecule has 0 saturated heterocycles. The topological polar surface area (TPSA) is 49.4 Å². The van der Waals surface area contributed by atoms with Gasteiger partial charge in [-0.25, -0.2) is 8.42 Å². The minimum atomic E-state index is -3.62. The Morgan fingerprint density at radius 1 is 1.03 bits per heavy atom. The van der Waals surface area contributed by atoms with Crippen LogP contribution in [0.2, 0.25) is 0 Å². The molecule has 0 bridgehead atoms. The third-order valence-corrected chi connectivity index (χ3v) is 6.72. The smallest absolute Gasteiger partial charge is 0.261 e. The predicted octanol–water partition coefficient (Wildman–Crippen LogP) is 4.79. The number of hydrogen-bond acceptors (Lipinski definition) is 3. The second kappa shape index (κ2) is 10.4. The van der Waals surface area contributed by atoms with E-state index >= 15 is 0 Å². The Bertz CT molecular complexity index is 902. The minimum absolute atomic E-state index is 0. The van der Waals surface area contributed by atoms with Gasteiger partial charge < -0.3 is 4.90 Å². The van der Waals surface area contributed by atoms with Gasteiger partial charge in [-0.2, -0.15) is 0 Å². The van der Waals surface area contributed by atoms with Gasteiger partial charge in [0.05, 0.1) is 11.6 Å². The van der Waals surface area contributed by atoms with Crippen molar-refractivity contribution in [2.24, 2.45) is 0 Å². The van der Waals surface area contributed by atoms with Crippen LogP contribution in [0.4, 0.5) is 10.1 Å². The summed E-state index contributed by atoms with van der Waals surface area (Å²) in [4.78, 5) is 2.55. The fourth-order valence-electron chi connectivity index (χ4n) is 3.59. The van der Waals surface area contributed by atoms with Gasteiger partial charge in [0.15, 0.2) is 0 Å². The second-order valence-electron chi connectivity index (χ2n) is 7.70. The lowest BCUT2D eigenvalue weighted by Gasteiger charge is -2.18. The predicted molar refractivity (Wildman–Crippen MR) is 119 cm³/mol. The van der Waals surface area contributed by atoms with Gasteiger partial charge in [-0.15, -0.1) is 12.4 Å². The molecule has 29 heavy (non-hydrogen) atoms. The Kier molecular flexibility index (Phi) is 8.49. The molecule has 0 radical (unpaired) electrons. The summed E-state index contributed by atoms with van der Waals surface area (Å²) in [6.45, 7) is 6.44. The molecule has 1 heterocycles. The number of halogens is 2. The van der Waals surface area contributed by atoms with E-state index in [1.165, 1.54) is 5.56 Å². The summed E-state index contributed by atoms with van der Waals surface area (Å²) in [5.74, 6) is 0.360. The van der Waals surface area contributed by atoms with Crippen LogP contribution in [-0.2, 0) is 22.9 Å². The Hall–Kier alpha value is -1.63. The number of rotatable bonds is 7. The van der Waals surface area contributed by atoms with Gasteiger partial charge in [0.2, 0.25) is 0 Å². The second-order valence-corrected chi connectivity index (χ2v) is 9.38. The van der Waals surface area contributed by atoms with Gasteiger partial charge in [0.1, 0.15) is 0 Å². The van der Waals surface area contributed by atoms with Gasteiger partial charge in [0, 0.05) is 25.3 Å². The summed E-state index contributed by atoms with van der Waals surface area (Å²) in [6, 6.07) is 12.8. The van der Waals surface area contributed by atoms with Gasteiger partial charge in [0.25, 0.3) is 10.0 Å². The molecule has 1 N–H and O–H groups in total. The fraction of sp³-hybridized carbons (Fsp3) is 0.455. The number of hydrogen-bond donors (Lipinski definition) is 1. The zero-order chi connectivity index (χ0) is 20.1. The molecular weight excluding hydrogens is 411 g/mol. The first-order chi connectivity index (χ1) is 13.4. The maximum atomic E-state index is 12.7. The summed E-state index contributed by atoms with van der Waals surface area (Å²) < 4.78 is 40.6. The third-order valence-electron chi connectivity index (χ3n) is 5.32. The molecule has 2 aromatic carbocycles. The number of alkyl halides is 1. The van der Waals surface area contributed by atoms with E-state index in [-0.39, 0.29) is 24.0 Å². The van der Waals surface area contributed by atoms with E-state index in [0.717, 1.165) is 43.6 Å². The van der Waals surface area contributed by atoms with Crippen molar-refractivity contribution >= 4 is 28.1 Å². The normalized spacial score (nSPS) is 14.8. The third kappa shape index (κ3) is 6.17. The average molecular weight is 441 g/mol. The number of benzene rings is 2. The maximum absolute atomic E-state index is 12.7. The Morgan fingerprint density at radius 2 is 1.69 bits per heavy atom. The standard InChI is InChI=1S/C22H29FN2O2S.ClH/c1-17(2)18-5-8-22(9-6-18)28(26,27)24-21-7-4-19-10-14-25(13-3-12-23)15-11-20(19)16-21;/h4-9,16-17,24H,3,10-15H2,1-2H3;1H. The Balaban J connectivity index is 0.00000300. The zero-order valence-corrected chi connectivity index (χ0v) is 18.7. The maximum Gasteiger partial charge on any atom is 0.261 e. The summed E-state index contributed by atoms with van der Waals surface area (Å²) in [5.41, 5.74) is 4.11. The lowest BCUT2D eigenvalue weighted by atomic mass is 10.0. The zero-order valence-electron chi connectivity index (χ0n) is 17.0. The molecule has 0 spiro atoms. The van der Waals surface area contributed by atoms with E-state index in [0.29, 0.717) is 18.0 Å². The Labute approximate surface area is 180 Å². The summed E-state index contributed by atoms with van der Waals surface area (Å²) in [5, 5.41) is 0. The molecule has 160 valence electrons. The van der Waals surface area contributed by atoms with Gasteiger partial charge in [-0.05, 0) is 66.1 Å². The number of anilines is 1. The quantitative estimate of drug-likeness (QED) is 0.673. The molecule has 0 aliphatic carbocycles. The van der Waals surface area contributed by atoms with Crippen LogP contribution >= 0.6 is 12.4 Å². The van der Waals surface area contributed by atoms with E-state index < -0.39 is 10.0 Å². The fourth-order valence-corrected chi connectivity index (χ4v) is 4.64. The molecule has 0 aromatic heterocycles. The Morgan fingerprint density at radius 3 is 2.31 bits per heavy atom. The number of sulfonamides is 1. The lowest BCUT2D eigenvalue weighted by Crippen LogP contribution is -2.27. The largest absolute Gasteiger partial charge is 0.303 e. The van der Waals surface area contributed by atoms with Crippen LogP contribution < -0.4 is 4.72 Å². The molecule has 1 aliphatic rings. The summed E-state index contributed by atoms with van der Waals surface area (Å²) >= 11 is 0. The summed E-state index contributed by atoms with van der Waals surface area (Å²) in [6.07, 6.45) is 2.32. The molecule has 0 fully saturated rings. The monoisotopic (exact) mass is 440 g/mol. The van der Waals surface area contributed by atoms with Crippen LogP contribution in [0.5, 0.6) is 0 Å². The first kappa shape index (κ1) is 23.6. The van der Waals surface area contributed by atoms with Crippen molar-refractivity contribution in [2.75, 3.05) is 31.0 Å². The molecule has 0 unspecified atom stereocenters. The van der Waals surface area contributed by atoms with E-state index in [9.17, 15) is 12.8 Å². The van der Waals surface area contributed by atoms with Crippen molar-refractivity contribution in [1.82, 2.24) is 4.90 Å². The first-order valence-electron chi connectivity index (χ1n) is 9.92. The molecule has 0 atom stereocenters. The van der Waals surface area contributed by atoms with E-state index in [4.69, 9.17) is 0 Å². The van der Waals surface area contributed by atoms with Crippen molar-refractivity contribution in [3.8, 4) is 0 Å². The molecule has 0 saturated carbocycles. The molecule has 2 aromatic rings. The minimum Gasteiger partial charge on any atom is -0.303 e. The van der Waals surface area contributed by atoms with Gasteiger partial charge in [-0.3, -0.25) is 9.11 Å². The summed E-state index contributed by atoms with van der Waals surface area (Å²) in [7, 11) is -3.62. The van der Waals surface area contributed by atoms with Crippen LogP contribution in [0.3, 0.4) is 0 Å². The highest BCUT2D eigenvalue weighted by molar-refractivity contribution is 7.92. The SMILES string of the molecule is CC(C)c1ccc(S(=O)(=O)Nc2ccc3c(c2)CCN(CCCF)CC3)cc1.Cl. The first-order valence-corrected chi connectivity index (χ1v) is 11.4. The molecule has 3 rings (SSSR count). The molecule has 0 amide bonds. The van der Waals surface area contributed by atoms with Crippen molar-refractivity contribution in [1.29, 1.82) is 0 Å². The van der Waals surface area contributed by atoms with Crippen molar-refractivity contribution in [3.63, 3.8) is 0 Å². The van der Waals surface area contributed by atoms with Crippen LogP contribution in [0.15, 0.2) is 47.4 Å². The van der Waals surface area contributed by atoms with Gasteiger partial charge in [-0.1, -0.05) is 32.0 Å². The van der Waals surface area contributed by atoms with Gasteiger partial charge >= 0.3 is 0 Å². The van der Waals surface area contributed by atoms with Crippen molar-refractivity contribution in [2.45, 2.75) is 43.9 Å².